The van der Waals surface area contributed by atoms with Crippen LogP contribution in [0.1, 0.15) is 25.0 Å². The van der Waals surface area contributed by atoms with Crippen LogP contribution in [0.3, 0.4) is 0 Å². The summed E-state index contributed by atoms with van der Waals surface area (Å²) in [5.41, 5.74) is 17.5. The first kappa shape index (κ1) is 34.8. The molecule has 10 aromatic rings. The van der Waals surface area contributed by atoms with Crippen LogP contribution in [-0.2, 0) is 5.41 Å². The Morgan fingerprint density at radius 2 is 0.864 bits per heavy atom. The predicted octanol–water partition coefficient (Wildman–Crippen LogP) is 15.1. The van der Waals surface area contributed by atoms with Crippen LogP contribution in [0.5, 0.6) is 0 Å². The number of hydrogen-bond donors (Lipinski definition) is 0. The summed E-state index contributed by atoms with van der Waals surface area (Å²) in [5.74, 6) is 0.701. The van der Waals surface area contributed by atoms with Gasteiger partial charge in [0.15, 0.2) is 5.82 Å². The quantitative estimate of drug-likeness (QED) is 0.169. The highest BCUT2D eigenvalue weighted by molar-refractivity contribution is 6.05. The van der Waals surface area contributed by atoms with E-state index in [1.165, 1.54) is 60.7 Å². The Balaban J connectivity index is 1.06. The Kier molecular flexibility index (Phi) is 8.20. The summed E-state index contributed by atoms with van der Waals surface area (Å²) in [5, 5.41) is 4.78. The van der Waals surface area contributed by atoms with Gasteiger partial charge in [0.2, 0.25) is 0 Å². The van der Waals surface area contributed by atoms with Crippen LogP contribution in [0.4, 0.5) is 0 Å². The molecule has 278 valence electrons. The van der Waals surface area contributed by atoms with Gasteiger partial charge in [0.05, 0.1) is 11.4 Å². The monoisotopic (exact) mass is 752 g/mol. The number of benzene rings is 9. The summed E-state index contributed by atoms with van der Waals surface area (Å²) in [7, 11) is 0. The number of hydrogen-bond acceptors (Lipinski definition) is 2. The molecule has 0 amide bonds. The van der Waals surface area contributed by atoms with Crippen molar-refractivity contribution in [1.29, 1.82) is 0 Å². The van der Waals surface area contributed by atoms with Gasteiger partial charge in [0, 0.05) is 22.1 Å². The van der Waals surface area contributed by atoms with E-state index in [0.717, 1.165) is 44.6 Å². The van der Waals surface area contributed by atoms with E-state index in [-0.39, 0.29) is 5.41 Å². The second-order valence-corrected chi connectivity index (χ2v) is 16.1. The summed E-state index contributed by atoms with van der Waals surface area (Å²) in [4.78, 5) is 10.6. The number of rotatable bonds is 6. The van der Waals surface area contributed by atoms with Crippen LogP contribution in [0.2, 0.25) is 0 Å². The van der Waals surface area contributed by atoms with Crippen molar-refractivity contribution in [2.24, 2.45) is 0 Å². The van der Waals surface area contributed by atoms with Crippen LogP contribution in [0.15, 0.2) is 206 Å². The lowest BCUT2D eigenvalue weighted by Gasteiger charge is -2.21. The van der Waals surface area contributed by atoms with Crippen molar-refractivity contribution in [3.63, 3.8) is 0 Å². The SMILES string of the molecule is CC1(C)c2ccccc2-c2c(-c3cccc(-c4ccc(-c5cc(-c6ccccc6-c6ccc7ccccc7c6)nc(-c6ccccc6)n5)c5ccccc45)c3)cccc21. The topological polar surface area (TPSA) is 25.8 Å². The molecule has 0 N–H and O–H groups in total. The van der Waals surface area contributed by atoms with Gasteiger partial charge in [-0.05, 0) is 95.4 Å². The highest BCUT2D eigenvalue weighted by Gasteiger charge is 2.36. The molecule has 1 aliphatic carbocycles. The van der Waals surface area contributed by atoms with Gasteiger partial charge in [-0.1, -0.05) is 202 Å². The summed E-state index contributed by atoms with van der Waals surface area (Å²) < 4.78 is 0. The van der Waals surface area contributed by atoms with Gasteiger partial charge >= 0.3 is 0 Å². The molecule has 11 rings (SSSR count). The normalized spacial score (nSPS) is 12.7. The molecule has 0 aliphatic heterocycles. The first-order chi connectivity index (χ1) is 29.0. The fourth-order valence-electron chi connectivity index (χ4n) is 9.38. The molecule has 2 heteroatoms. The van der Waals surface area contributed by atoms with Crippen LogP contribution in [0.25, 0.3) is 100.0 Å². The zero-order valence-corrected chi connectivity index (χ0v) is 33.0. The maximum absolute atomic E-state index is 5.30. The Bertz CT molecular complexity index is 3250. The molecular weight excluding hydrogens is 713 g/mol. The van der Waals surface area contributed by atoms with Gasteiger partial charge in [0.1, 0.15) is 0 Å². The van der Waals surface area contributed by atoms with E-state index in [9.17, 15) is 0 Å². The number of fused-ring (bicyclic) bond motifs is 5. The van der Waals surface area contributed by atoms with Crippen molar-refractivity contribution in [2.45, 2.75) is 19.3 Å². The second-order valence-electron chi connectivity index (χ2n) is 16.1. The van der Waals surface area contributed by atoms with Crippen molar-refractivity contribution in [3.8, 4) is 78.4 Å². The molecule has 0 saturated heterocycles. The molecule has 9 aromatic carbocycles. The molecule has 0 fully saturated rings. The number of nitrogens with zero attached hydrogens (tertiary/aromatic N) is 2. The second kappa shape index (κ2) is 13.9. The van der Waals surface area contributed by atoms with Crippen LogP contribution < -0.4 is 0 Å². The molecule has 0 atom stereocenters. The highest BCUT2D eigenvalue weighted by atomic mass is 14.9. The first-order valence-corrected chi connectivity index (χ1v) is 20.4. The maximum atomic E-state index is 5.30. The van der Waals surface area contributed by atoms with E-state index in [2.05, 4.69) is 214 Å². The average Bonchev–Trinajstić information content (AvgIpc) is 3.54. The van der Waals surface area contributed by atoms with E-state index < -0.39 is 0 Å². The fourth-order valence-corrected chi connectivity index (χ4v) is 9.38. The minimum absolute atomic E-state index is 0.0503. The van der Waals surface area contributed by atoms with Crippen molar-refractivity contribution >= 4 is 21.5 Å². The largest absolute Gasteiger partial charge is 0.228 e. The molecule has 0 radical (unpaired) electrons. The maximum Gasteiger partial charge on any atom is 0.160 e. The van der Waals surface area contributed by atoms with Crippen LogP contribution in [-0.4, -0.2) is 9.97 Å². The minimum Gasteiger partial charge on any atom is -0.228 e. The minimum atomic E-state index is -0.0503. The number of aromatic nitrogens is 2. The smallest absolute Gasteiger partial charge is 0.160 e. The molecule has 0 saturated carbocycles. The Hall–Kier alpha value is -7.42. The van der Waals surface area contributed by atoms with E-state index in [0.29, 0.717) is 5.82 Å². The van der Waals surface area contributed by atoms with Gasteiger partial charge < -0.3 is 0 Å². The third-order valence-corrected chi connectivity index (χ3v) is 12.3. The molecule has 1 aliphatic rings. The van der Waals surface area contributed by atoms with E-state index in [1.54, 1.807) is 0 Å². The Morgan fingerprint density at radius 3 is 1.68 bits per heavy atom. The molecule has 2 nitrogen and oxygen atoms in total. The third kappa shape index (κ3) is 5.87. The lowest BCUT2D eigenvalue weighted by Crippen LogP contribution is -2.14. The summed E-state index contributed by atoms with van der Waals surface area (Å²) in [6.45, 7) is 4.69. The van der Waals surface area contributed by atoms with Crippen LogP contribution >= 0.6 is 0 Å². The van der Waals surface area contributed by atoms with Crippen molar-refractivity contribution in [1.82, 2.24) is 9.97 Å². The van der Waals surface area contributed by atoms with E-state index >= 15 is 0 Å². The standard InChI is InChI=1S/C57H40N2/c1-57(2)51-28-13-12-26-50(51)55-45(27-15-29-52(55)57)41-21-14-20-40(35-41)44-32-33-49(47-24-10-9-23-46(44)47)54-36-53(58-56(59-54)38-17-4-3-5-18-38)48-25-11-8-22-43(48)42-31-30-37-16-6-7-19-39(37)34-42/h3-36H,1-2H3. The molecule has 1 heterocycles. The Labute approximate surface area is 345 Å². The Morgan fingerprint density at radius 1 is 0.322 bits per heavy atom. The highest BCUT2D eigenvalue weighted by Crippen LogP contribution is 2.52. The molecule has 1 aromatic heterocycles. The molecule has 0 unspecified atom stereocenters. The van der Waals surface area contributed by atoms with Gasteiger partial charge in [-0.25, -0.2) is 9.97 Å². The molecular formula is C57H40N2. The summed E-state index contributed by atoms with van der Waals surface area (Å²) in [6.07, 6.45) is 0. The van der Waals surface area contributed by atoms with Gasteiger partial charge in [-0.2, -0.15) is 0 Å². The molecule has 0 bridgehead atoms. The van der Waals surface area contributed by atoms with Gasteiger partial charge in [0.25, 0.3) is 0 Å². The lowest BCUT2D eigenvalue weighted by molar-refractivity contribution is 0.660. The zero-order chi connectivity index (χ0) is 39.5. The average molecular weight is 753 g/mol. The van der Waals surface area contributed by atoms with Gasteiger partial charge in [-0.3, -0.25) is 0 Å². The summed E-state index contributed by atoms with van der Waals surface area (Å²) >= 11 is 0. The predicted molar refractivity (Wildman–Crippen MR) is 247 cm³/mol. The third-order valence-electron chi connectivity index (χ3n) is 12.3. The fraction of sp³-hybridized carbons (Fsp3) is 0.0526. The summed E-state index contributed by atoms with van der Waals surface area (Å²) in [6, 6.07) is 74.4. The van der Waals surface area contributed by atoms with E-state index in [1.807, 2.05) is 6.07 Å². The van der Waals surface area contributed by atoms with Crippen molar-refractivity contribution in [3.05, 3.63) is 217 Å². The molecule has 0 spiro atoms. The first-order valence-electron chi connectivity index (χ1n) is 20.4. The van der Waals surface area contributed by atoms with Crippen molar-refractivity contribution in [2.75, 3.05) is 0 Å². The van der Waals surface area contributed by atoms with E-state index in [4.69, 9.17) is 9.97 Å². The molecule has 59 heavy (non-hydrogen) atoms. The lowest BCUT2D eigenvalue weighted by atomic mass is 9.82. The van der Waals surface area contributed by atoms with Gasteiger partial charge in [-0.15, -0.1) is 0 Å². The zero-order valence-electron chi connectivity index (χ0n) is 33.0. The van der Waals surface area contributed by atoms with Crippen LogP contribution in [0, 0.1) is 0 Å². The van der Waals surface area contributed by atoms with Crippen molar-refractivity contribution < 1.29 is 0 Å².